The van der Waals surface area contributed by atoms with Crippen LogP contribution in [0, 0.1) is 11.8 Å². The van der Waals surface area contributed by atoms with E-state index in [2.05, 4.69) is 27.7 Å². The van der Waals surface area contributed by atoms with Crippen molar-refractivity contribution in [2.24, 2.45) is 11.8 Å². The van der Waals surface area contributed by atoms with Crippen molar-refractivity contribution in [3.05, 3.63) is 69.8 Å². The van der Waals surface area contributed by atoms with Crippen LogP contribution in [0.5, 0.6) is 0 Å². The number of carbonyl (C=O) groups excluding carboxylic acids is 3. The molecular weight excluding hydrogens is 656 g/mol. The molecule has 0 spiro atoms. The Morgan fingerprint density at radius 3 is 1.73 bits per heavy atom. The summed E-state index contributed by atoms with van der Waals surface area (Å²) in [5.41, 5.74) is 3.43. The van der Waals surface area contributed by atoms with E-state index < -0.39 is 23.3 Å². The molecule has 2 aromatic carbocycles. The Labute approximate surface area is 310 Å². The second-order valence-corrected chi connectivity index (χ2v) is 16.4. The Bertz CT molecular complexity index is 1620. The lowest BCUT2D eigenvalue weighted by molar-refractivity contribution is -0.0550. The normalized spacial score (nSPS) is 32.3. The quantitative estimate of drug-likeness (QED) is 0.231. The van der Waals surface area contributed by atoms with E-state index in [1.807, 2.05) is 24.3 Å². The zero-order valence-electron chi connectivity index (χ0n) is 32.4. The van der Waals surface area contributed by atoms with Gasteiger partial charge in [0, 0.05) is 12.0 Å². The average Bonchev–Trinajstić information content (AvgIpc) is 3.34. The monoisotopic (exact) mass is 718 g/mol. The molecule has 0 amide bonds. The molecular formula is C44H62O8. The number of hydrogen-bond acceptors (Lipinski definition) is 8. The van der Waals surface area contributed by atoms with E-state index in [1.54, 1.807) is 12.1 Å². The van der Waals surface area contributed by atoms with E-state index in [0.29, 0.717) is 41.4 Å². The molecule has 52 heavy (non-hydrogen) atoms. The molecule has 0 heterocycles. The molecule has 6 rings (SSSR count). The van der Waals surface area contributed by atoms with Gasteiger partial charge in [-0.15, -0.1) is 0 Å². The Balaban J connectivity index is 0.000000201. The summed E-state index contributed by atoms with van der Waals surface area (Å²) in [6.45, 7) is 8.64. The van der Waals surface area contributed by atoms with Gasteiger partial charge in [0.25, 0.3) is 0 Å². The number of ether oxygens (including phenoxy) is 2. The van der Waals surface area contributed by atoms with Crippen molar-refractivity contribution in [3.8, 4) is 0 Å². The molecule has 0 bridgehead atoms. The summed E-state index contributed by atoms with van der Waals surface area (Å²) in [6.07, 6.45) is 12.8. The topological polar surface area (TPSA) is 130 Å². The van der Waals surface area contributed by atoms with Gasteiger partial charge in [0.2, 0.25) is 0 Å². The average molecular weight is 719 g/mol. The van der Waals surface area contributed by atoms with Gasteiger partial charge < -0.3 is 24.8 Å². The largest absolute Gasteiger partial charge is 0.465 e. The van der Waals surface area contributed by atoms with Crippen molar-refractivity contribution >= 4 is 17.7 Å². The van der Waals surface area contributed by atoms with Gasteiger partial charge in [-0.1, -0.05) is 52.7 Å². The molecule has 8 heteroatoms. The SMILES string of the molecule is CCC[C@@]1(O)CC[C@@]2(CC)c3ccc(C(=O)OC)cc3C(=O)CC[C@H]2C1.CCC[C@@]1(O)CC[C@@]2(CC)c3ccc(C(=O)OC)cc3C(O)CC[C@H]2C1. The van der Waals surface area contributed by atoms with Crippen LogP contribution in [0.4, 0.5) is 0 Å². The summed E-state index contributed by atoms with van der Waals surface area (Å²) in [5, 5.41) is 32.9. The van der Waals surface area contributed by atoms with E-state index in [4.69, 9.17) is 9.47 Å². The highest BCUT2D eigenvalue weighted by atomic mass is 16.5. The molecule has 4 aliphatic rings. The lowest BCUT2D eigenvalue weighted by Gasteiger charge is -2.50. The lowest BCUT2D eigenvalue weighted by atomic mass is 9.56. The lowest BCUT2D eigenvalue weighted by Crippen LogP contribution is -2.47. The van der Waals surface area contributed by atoms with Crippen LogP contribution >= 0.6 is 0 Å². The Kier molecular flexibility index (Phi) is 12.4. The van der Waals surface area contributed by atoms with Crippen LogP contribution in [-0.2, 0) is 20.3 Å². The first-order valence-electron chi connectivity index (χ1n) is 19.9. The number of benzene rings is 2. The fraction of sp³-hybridized carbons (Fsp3) is 0.659. The van der Waals surface area contributed by atoms with Crippen molar-refractivity contribution in [1.29, 1.82) is 0 Å². The molecule has 7 atom stereocenters. The number of Topliss-reactive ketones (excluding diaryl/α,β-unsaturated/α-hetero) is 1. The number of ketones is 1. The first kappa shape index (κ1) is 40.1. The number of carbonyl (C=O) groups is 3. The number of esters is 2. The van der Waals surface area contributed by atoms with Gasteiger partial charge in [-0.3, -0.25) is 4.79 Å². The van der Waals surface area contributed by atoms with Crippen molar-refractivity contribution in [3.63, 3.8) is 0 Å². The molecule has 3 N–H and O–H groups in total. The highest BCUT2D eigenvalue weighted by Gasteiger charge is 2.52. The maximum absolute atomic E-state index is 12.8. The van der Waals surface area contributed by atoms with Gasteiger partial charge in [0.15, 0.2) is 5.78 Å². The van der Waals surface area contributed by atoms with Gasteiger partial charge in [-0.2, -0.15) is 0 Å². The molecule has 2 aromatic rings. The van der Waals surface area contributed by atoms with E-state index in [0.717, 1.165) is 101 Å². The van der Waals surface area contributed by atoms with Crippen molar-refractivity contribution in [2.45, 2.75) is 159 Å². The van der Waals surface area contributed by atoms with Crippen LogP contribution in [0.1, 0.15) is 184 Å². The first-order valence-corrected chi connectivity index (χ1v) is 19.9. The van der Waals surface area contributed by atoms with Gasteiger partial charge in [-0.05, 0) is 147 Å². The van der Waals surface area contributed by atoms with E-state index in [1.165, 1.54) is 19.8 Å². The molecule has 2 fully saturated rings. The minimum absolute atomic E-state index is 0.0264. The van der Waals surface area contributed by atoms with Crippen LogP contribution in [0.15, 0.2) is 36.4 Å². The minimum Gasteiger partial charge on any atom is -0.465 e. The minimum atomic E-state index is -0.600. The highest BCUT2D eigenvalue weighted by molar-refractivity contribution is 6.01. The standard InChI is InChI=1S/C22H32O4.C22H30O4/c2*1-4-10-21(25)11-12-22(5-2)16(14-21)7-9-19(23)17-13-15(20(24)26-3)6-8-18(17)22/h6,8,13,16,19,23,25H,4-5,7,9-12,14H2,1-3H3;6,8,13,16,25H,4-5,7,9-12,14H2,1-3H3/t16-,19?,21+,22+;16-,21+,22+/m00/s1. The first-order chi connectivity index (χ1) is 24.8. The van der Waals surface area contributed by atoms with Crippen molar-refractivity contribution in [2.75, 3.05) is 14.2 Å². The van der Waals surface area contributed by atoms with Gasteiger partial charge in [-0.25, -0.2) is 9.59 Å². The number of aliphatic hydroxyl groups is 3. The summed E-state index contributed by atoms with van der Waals surface area (Å²) >= 11 is 0. The molecule has 0 aromatic heterocycles. The zero-order chi connectivity index (χ0) is 37.9. The fourth-order valence-corrected chi connectivity index (χ4v) is 10.9. The Hall–Kier alpha value is -3.07. The number of aliphatic hydroxyl groups excluding tert-OH is 1. The number of fused-ring (bicyclic) bond motifs is 6. The number of methoxy groups -OCH3 is 2. The summed E-state index contributed by atoms with van der Waals surface area (Å²) < 4.78 is 9.68. The third kappa shape index (κ3) is 7.50. The van der Waals surface area contributed by atoms with Gasteiger partial charge >= 0.3 is 11.9 Å². The van der Waals surface area contributed by atoms with Gasteiger partial charge in [0.05, 0.1) is 42.7 Å². The predicted octanol–water partition coefficient (Wildman–Crippen LogP) is 8.71. The smallest absolute Gasteiger partial charge is 0.337 e. The molecule has 0 saturated heterocycles. The van der Waals surface area contributed by atoms with E-state index in [-0.39, 0.29) is 22.6 Å². The second-order valence-electron chi connectivity index (χ2n) is 16.4. The summed E-state index contributed by atoms with van der Waals surface area (Å²) in [4.78, 5) is 36.7. The molecule has 1 unspecified atom stereocenters. The van der Waals surface area contributed by atoms with Crippen molar-refractivity contribution < 1.29 is 39.2 Å². The maximum Gasteiger partial charge on any atom is 0.337 e. The Morgan fingerprint density at radius 1 is 0.712 bits per heavy atom. The fourth-order valence-electron chi connectivity index (χ4n) is 10.9. The summed E-state index contributed by atoms with van der Waals surface area (Å²) in [7, 11) is 2.73. The van der Waals surface area contributed by atoms with Crippen LogP contribution in [0.3, 0.4) is 0 Å². The van der Waals surface area contributed by atoms with E-state index in [9.17, 15) is 29.7 Å². The Morgan fingerprint density at radius 2 is 1.21 bits per heavy atom. The van der Waals surface area contributed by atoms with Crippen LogP contribution in [0.25, 0.3) is 0 Å². The number of hydrogen-bond donors (Lipinski definition) is 3. The third-order valence-corrected chi connectivity index (χ3v) is 13.7. The predicted molar refractivity (Wildman–Crippen MR) is 202 cm³/mol. The van der Waals surface area contributed by atoms with Crippen molar-refractivity contribution in [1.82, 2.24) is 0 Å². The molecule has 2 saturated carbocycles. The molecule has 0 aliphatic heterocycles. The summed E-state index contributed by atoms with van der Waals surface area (Å²) in [5.74, 6) is -0.0168. The highest BCUT2D eigenvalue weighted by Crippen LogP contribution is 2.56. The third-order valence-electron chi connectivity index (χ3n) is 13.7. The summed E-state index contributed by atoms with van der Waals surface area (Å²) in [6, 6.07) is 11.1. The van der Waals surface area contributed by atoms with Crippen LogP contribution < -0.4 is 0 Å². The molecule has 286 valence electrons. The van der Waals surface area contributed by atoms with Crippen LogP contribution in [0.2, 0.25) is 0 Å². The molecule has 8 nitrogen and oxygen atoms in total. The second kappa shape index (κ2) is 16.1. The molecule has 0 radical (unpaired) electrons. The van der Waals surface area contributed by atoms with E-state index >= 15 is 0 Å². The molecule has 4 aliphatic carbocycles. The maximum atomic E-state index is 12.8. The van der Waals surface area contributed by atoms with Gasteiger partial charge in [0.1, 0.15) is 0 Å². The number of rotatable bonds is 8. The van der Waals surface area contributed by atoms with Crippen LogP contribution in [-0.4, -0.2) is 58.5 Å². The zero-order valence-corrected chi connectivity index (χ0v) is 32.4.